The van der Waals surface area contributed by atoms with Crippen LogP contribution in [-0.4, -0.2) is 6.61 Å². The minimum Gasteiger partial charge on any atom is -0.452 e. The van der Waals surface area contributed by atoms with E-state index in [0.717, 1.165) is 15.8 Å². The van der Waals surface area contributed by atoms with Crippen LogP contribution < -0.4 is 10.1 Å². The molecule has 0 aliphatic carbocycles. The molecule has 1 atom stereocenters. The molecule has 1 aromatic heterocycles. The van der Waals surface area contributed by atoms with Crippen molar-refractivity contribution in [2.24, 2.45) is 0 Å². The van der Waals surface area contributed by atoms with E-state index in [1.807, 2.05) is 19.1 Å². The zero-order valence-electron chi connectivity index (χ0n) is 11.1. The monoisotopic (exact) mass is 423 g/mol. The maximum atomic E-state index is 12.2. The Labute approximate surface area is 137 Å². The number of furan rings is 1. The fourth-order valence-corrected chi connectivity index (χ4v) is 2.47. The van der Waals surface area contributed by atoms with Crippen LogP contribution in [0.15, 0.2) is 43.9 Å². The SMILES string of the molecule is CC(NCc1cc(Br)c(Br)o1)c1cccc(OC(F)F)c1. The summed E-state index contributed by atoms with van der Waals surface area (Å²) in [5, 5.41) is 3.26. The van der Waals surface area contributed by atoms with E-state index >= 15 is 0 Å². The predicted octanol–water partition coefficient (Wildman–Crippen LogP) is 5.26. The first kappa shape index (κ1) is 16.5. The Morgan fingerprint density at radius 2 is 2.05 bits per heavy atom. The lowest BCUT2D eigenvalue weighted by Gasteiger charge is -2.14. The largest absolute Gasteiger partial charge is 0.452 e. The van der Waals surface area contributed by atoms with Crippen LogP contribution in [-0.2, 0) is 6.54 Å². The molecule has 0 aliphatic heterocycles. The molecule has 0 bridgehead atoms. The van der Waals surface area contributed by atoms with Crippen LogP contribution in [0.4, 0.5) is 8.78 Å². The van der Waals surface area contributed by atoms with Gasteiger partial charge in [-0.15, -0.1) is 0 Å². The molecular weight excluding hydrogens is 412 g/mol. The standard InChI is InChI=1S/C14H13Br2F2NO2/c1-8(19-7-11-6-12(15)13(16)20-11)9-3-2-4-10(5-9)21-14(17)18/h2-6,8,14,19H,7H2,1H3. The van der Waals surface area contributed by atoms with E-state index in [-0.39, 0.29) is 11.8 Å². The lowest BCUT2D eigenvalue weighted by molar-refractivity contribution is -0.0499. The van der Waals surface area contributed by atoms with Crippen molar-refractivity contribution in [2.45, 2.75) is 26.1 Å². The summed E-state index contributed by atoms with van der Waals surface area (Å²) in [7, 11) is 0. The van der Waals surface area contributed by atoms with Gasteiger partial charge in [-0.3, -0.25) is 0 Å². The van der Waals surface area contributed by atoms with Crippen LogP contribution >= 0.6 is 31.9 Å². The molecule has 1 unspecified atom stereocenters. The van der Waals surface area contributed by atoms with E-state index in [2.05, 4.69) is 41.9 Å². The number of nitrogens with one attached hydrogen (secondary N) is 1. The normalized spacial score (nSPS) is 12.7. The average Bonchev–Trinajstić information content (AvgIpc) is 2.75. The highest BCUT2D eigenvalue weighted by atomic mass is 79.9. The Bertz CT molecular complexity index is 585. The van der Waals surface area contributed by atoms with Crippen molar-refractivity contribution < 1.29 is 17.9 Å². The van der Waals surface area contributed by atoms with Gasteiger partial charge in [0, 0.05) is 6.04 Å². The van der Waals surface area contributed by atoms with E-state index in [1.165, 1.54) is 6.07 Å². The summed E-state index contributed by atoms with van der Waals surface area (Å²) in [6.45, 7) is -0.360. The van der Waals surface area contributed by atoms with Gasteiger partial charge in [-0.2, -0.15) is 8.78 Å². The number of hydrogen-bond donors (Lipinski definition) is 1. The minimum absolute atomic E-state index is 0.0335. The first-order valence-corrected chi connectivity index (χ1v) is 7.76. The van der Waals surface area contributed by atoms with Gasteiger partial charge in [0.15, 0.2) is 4.67 Å². The predicted molar refractivity (Wildman–Crippen MR) is 82.4 cm³/mol. The van der Waals surface area contributed by atoms with Crippen molar-refractivity contribution in [3.63, 3.8) is 0 Å². The first-order chi connectivity index (χ1) is 9.95. The molecule has 0 amide bonds. The lowest BCUT2D eigenvalue weighted by atomic mass is 10.1. The third kappa shape index (κ3) is 4.79. The summed E-state index contributed by atoms with van der Waals surface area (Å²) in [5.41, 5.74) is 0.859. The number of ether oxygens (including phenoxy) is 1. The molecule has 0 spiro atoms. The maximum absolute atomic E-state index is 12.2. The fourth-order valence-electron chi connectivity index (χ4n) is 1.81. The van der Waals surface area contributed by atoms with Gasteiger partial charge < -0.3 is 14.5 Å². The number of benzene rings is 1. The molecular formula is C14H13Br2F2NO2. The van der Waals surface area contributed by atoms with E-state index in [1.54, 1.807) is 12.1 Å². The lowest BCUT2D eigenvalue weighted by Crippen LogP contribution is -2.17. The average molecular weight is 425 g/mol. The van der Waals surface area contributed by atoms with Crippen molar-refractivity contribution in [3.8, 4) is 5.75 Å². The summed E-state index contributed by atoms with van der Waals surface area (Å²) in [4.78, 5) is 0. The van der Waals surface area contributed by atoms with Crippen molar-refractivity contribution in [1.29, 1.82) is 0 Å². The molecule has 7 heteroatoms. The third-order valence-electron chi connectivity index (χ3n) is 2.86. The Kier molecular flexibility index (Phi) is 5.78. The van der Waals surface area contributed by atoms with Gasteiger partial charge >= 0.3 is 6.61 Å². The second-order valence-electron chi connectivity index (χ2n) is 4.39. The van der Waals surface area contributed by atoms with E-state index in [9.17, 15) is 8.78 Å². The maximum Gasteiger partial charge on any atom is 0.387 e. The van der Waals surface area contributed by atoms with E-state index < -0.39 is 6.61 Å². The molecule has 0 saturated carbocycles. The third-order valence-corrected chi connectivity index (χ3v) is 4.57. The van der Waals surface area contributed by atoms with E-state index in [4.69, 9.17) is 4.42 Å². The molecule has 1 aromatic carbocycles. The summed E-state index contributed by atoms with van der Waals surface area (Å²) in [6.07, 6.45) is 0. The Balaban J connectivity index is 1.98. The Hall–Kier alpha value is -0.920. The molecule has 2 aromatic rings. The van der Waals surface area contributed by atoms with Gasteiger partial charge in [0.1, 0.15) is 11.5 Å². The molecule has 0 radical (unpaired) electrons. The van der Waals surface area contributed by atoms with Crippen LogP contribution in [0.5, 0.6) is 5.75 Å². The second-order valence-corrected chi connectivity index (χ2v) is 5.96. The number of rotatable bonds is 6. The van der Waals surface area contributed by atoms with Gasteiger partial charge in [-0.1, -0.05) is 12.1 Å². The Morgan fingerprint density at radius 3 is 2.67 bits per heavy atom. The molecule has 21 heavy (non-hydrogen) atoms. The summed E-state index contributed by atoms with van der Waals surface area (Å²) in [5.74, 6) is 0.917. The summed E-state index contributed by atoms with van der Waals surface area (Å²) < 4.78 is 35.7. The highest BCUT2D eigenvalue weighted by Crippen LogP contribution is 2.27. The van der Waals surface area contributed by atoms with Crippen molar-refractivity contribution >= 4 is 31.9 Å². The fraction of sp³-hybridized carbons (Fsp3) is 0.286. The molecule has 1 N–H and O–H groups in total. The van der Waals surface area contributed by atoms with Crippen LogP contribution in [0.2, 0.25) is 0 Å². The summed E-state index contributed by atoms with van der Waals surface area (Å²) >= 11 is 6.62. The molecule has 1 heterocycles. The zero-order valence-corrected chi connectivity index (χ0v) is 14.2. The van der Waals surface area contributed by atoms with Gasteiger partial charge in [0.05, 0.1) is 11.0 Å². The topological polar surface area (TPSA) is 34.4 Å². The van der Waals surface area contributed by atoms with Crippen molar-refractivity contribution in [3.05, 3.63) is 50.8 Å². The smallest absolute Gasteiger partial charge is 0.387 e. The van der Waals surface area contributed by atoms with Gasteiger partial charge in [0.25, 0.3) is 0 Å². The van der Waals surface area contributed by atoms with Crippen molar-refractivity contribution in [1.82, 2.24) is 5.32 Å². The van der Waals surface area contributed by atoms with Crippen LogP contribution in [0.25, 0.3) is 0 Å². The van der Waals surface area contributed by atoms with Gasteiger partial charge in [-0.25, -0.2) is 0 Å². The molecule has 3 nitrogen and oxygen atoms in total. The number of hydrogen-bond acceptors (Lipinski definition) is 3. The minimum atomic E-state index is -2.82. The number of halogens is 4. The first-order valence-electron chi connectivity index (χ1n) is 6.17. The highest BCUT2D eigenvalue weighted by Gasteiger charge is 2.11. The summed E-state index contributed by atoms with van der Waals surface area (Å²) in [6, 6.07) is 8.46. The van der Waals surface area contributed by atoms with E-state index in [0.29, 0.717) is 11.2 Å². The van der Waals surface area contributed by atoms with Gasteiger partial charge in [-0.05, 0) is 62.5 Å². The second kappa shape index (κ2) is 7.38. The van der Waals surface area contributed by atoms with Crippen molar-refractivity contribution in [2.75, 3.05) is 0 Å². The molecule has 0 aliphatic rings. The Morgan fingerprint density at radius 1 is 1.29 bits per heavy atom. The molecule has 2 rings (SSSR count). The molecule has 0 saturated heterocycles. The van der Waals surface area contributed by atoms with Crippen LogP contribution in [0.1, 0.15) is 24.3 Å². The number of alkyl halides is 2. The quantitative estimate of drug-likeness (QED) is 0.686. The van der Waals surface area contributed by atoms with Gasteiger partial charge in [0.2, 0.25) is 0 Å². The zero-order chi connectivity index (χ0) is 15.4. The molecule has 0 fully saturated rings. The van der Waals surface area contributed by atoms with Crippen LogP contribution in [0.3, 0.4) is 0 Å². The molecule has 114 valence electrons. The highest BCUT2D eigenvalue weighted by molar-refractivity contribution is 9.13. The van der Waals surface area contributed by atoms with Crippen LogP contribution in [0, 0.1) is 0 Å².